The van der Waals surface area contributed by atoms with Crippen molar-refractivity contribution in [2.45, 2.75) is 419 Å². The summed E-state index contributed by atoms with van der Waals surface area (Å²) in [5.74, 6) is -1.32. The van der Waals surface area contributed by atoms with Crippen LogP contribution in [0.1, 0.15) is 401 Å². The third-order valence-corrected chi connectivity index (χ3v) is 19.7. The highest BCUT2D eigenvalue weighted by molar-refractivity contribution is 7.47. The standard InChI is InChI=1S/C76H148O17P2/c1-6-9-12-15-18-21-23-25-26-27-28-29-34-38-42-47-52-57-62-76(81)93-72(66-87-74(79)60-55-50-45-40-37-33-31-30-32-35-39-43-48-53-58-69(4)5)68-91-95(84,85)89-64-70(77)63-88-94(82,83)90-67-71(65-86-73(78)59-54-49-44-20-17-14-11-8-3)92-75(80)61-56-51-46-41-36-24-22-19-16-13-10-7-2/h69-72,77H,6-68H2,1-5H3,(H,82,83)(H,84,85)/t70-,71+,72+/m0/s1. The number of ether oxygens (including phenoxy) is 4. The fraction of sp³-hybridized carbons (Fsp3) is 0.947. The third kappa shape index (κ3) is 70.3. The van der Waals surface area contributed by atoms with E-state index in [0.29, 0.717) is 25.7 Å². The molecule has 2 unspecified atom stereocenters. The highest BCUT2D eigenvalue weighted by Gasteiger charge is 2.30. The zero-order valence-corrected chi connectivity index (χ0v) is 63.6. The van der Waals surface area contributed by atoms with Gasteiger partial charge in [0.2, 0.25) is 0 Å². The van der Waals surface area contributed by atoms with E-state index in [1.807, 2.05) is 0 Å². The monoisotopic (exact) mass is 1400 g/mol. The predicted molar refractivity (Wildman–Crippen MR) is 386 cm³/mol. The van der Waals surface area contributed by atoms with E-state index in [2.05, 4.69) is 34.6 Å². The Kier molecular flexibility index (Phi) is 67.7. The molecule has 0 aromatic heterocycles. The van der Waals surface area contributed by atoms with Crippen LogP contribution in [0.25, 0.3) is 0 Å². The second kappa shape index (κ2) is 69.2. The topological polar surface area (TPSA) is 237 Å². The lowest BCUT2D eigenvalue weighted by atomic mass is 10.0. The first-order valence-electron chi connectivity index (χ1n) is 39.6. The van der Waals surface area contributed by atoms with Crippen molar-refractivity contribution >= 4 is 39.5 Å². The summed E-state index contributed by atoms with van der Waals surface area (Å²) < 4.78 is 68.5. The molecule has 19 heteroatoms. The van der Waals surface area contributed by atoms with Gasteiger partial charge in [0.05, 0.1) is 26.4 Å². The Balaban J connectivity index is 5.20. The van der Waals surface area contributed by atoms with Crippen molar-refractivity contribution in [3.63, 3.8) is 0 Å². The first kappa shape index (κ1) is 93.1. The fourth-order valence-corrected chi connectivity index (χ4v) is 13.3. The molecule has 0 spiro atoms. The van der Waals surface area contributed by atoms with E-state index < -0.39 is 97.5 Å². The summed E-state index contributed by atoms with van der Waals surface area (Å²) in [5, 5.41) is 10.6. The molecule has 0 saturated carbocycles. The van der Waals surface area contributed by atoms with Crippen LogP contribution in [0.5, 0.6) is 0 Å². The average Bonchev–Trinajstić information content (AvgIpc) is 2.75. The summed E-state index contributed by atoms with van der Waals surface area (Å²) in [6.07, 6.45) is 58.3. The number of aliphatic hydroxyl groups excluding tert-OH is 1. The van der Waals surface area contributed by atoms with E-state index in [1.165, 1.54) is 218 Å². The molecule has 0 radical (unpaired) electrons. The van der Waals surface area contributed by atoms with Crippen LogP contribution in [0.4, 0.5) is 0 Å². The molecule has 0 aromatic rings. The maximum Gasteiger partial charge on any atom is 0.472 e. The molecular weight excluding hydrogens is 1250 g/mol. The molecule has 0 amide bonds. The van der Waals surface area contributed by atoms with Crippen molar-refractivity contribution < 1.29 is 80.2 Å². The molecule has 5 atom stereocenters. The number of carbonyl (C=O) groups is 4. The SMILES string of the molecule is CCCCCCCCCCCCCCCCCCCCC(=O)O[C@H](COC(=O)CCCCCCCCCCCCCCCCC(C)C)COP(=O)(O)OC[C@@H](O)COP(=O)(O)OC[C@@H](COC(=O)CCCCCCCCCC)OC(=O)CCCCCCCCCCCCCC. The van der Waals surface area contributed by atoms with E-state index in [9.17, 15) is 43.2 Å². The number of phosphoric ester groups is 2. The molecule has 0 rings (SSSR count). The lowest BCUT2D eigenvalue weighted by Crippen LogP contribution is -2.30. The Morgan fingerprint density at radius 3 is 0.716 bits per heavy atom. The zero-order chi connectivity index (χ0) is 69.8. The highest BCUT2D eigenvalue weighted by Crippen LogP contribution is 2.45. The molecule has 0 heterocycles. The van der Waals surface area contributed by atoms with Crippen LogP contribution in [0.3, 0.4) is 0 Å². The molecule has 0 saturated heterocycles. The maximum absolute atomic E-state index is 13.1. The summed E-state index contributed by atoms with van der Waals surface area (Å²) in [7, 11) is -9.91. The molecule has 0 aliphatic heterocycles. The van der Waals surface area contributed by atoms with E-state index in [-0.39, 0.29) is 25.7 Å². The summed E-state index contributed by atoms with van der Waals surface area (Å²) in [5.41, 5.74) is 0. The predicted octanol–water partition coefficient (Wildman–Crippen LogP) is 22.5. The number of phosphoric acid groups is 2. The van der Waals surface area contributed by atoms with Gasteiger partial charge in [0.25, 0.3) is 0 Å². The summed E-state index contributed by atoms with van der Waals surface area (Å²) in [4.78, 5) is 72.7. The molecule has 3 N–H and O–H groups in total. The number of carbonyl (C=O) groups excluding carboxylic acids is 4. The summed E-state index contributed by atoms with van der Waals surface area (Å²) >= 11 is 0. The van der Waals surface area contributed by atoms with E-state index in [1.54, 1.807) is 0 Å². The van der Waals surface area contributed by atoms with Crippen LogP contribution in [0.15, 0.2) is 0 Å². The zero-order valence-electron chi connectivity index (χ0n) is 61.8. The first-order valence-corrected chi connectivity index (χ1v) is 42.6. The Labute approximate surface area is 581 Å². The molecule has 564 valence electrons. The van der Waals surface area contributed by atoms with Gasteiger partial charge >= 0.3 is 39.5 Å². The van der Waals surface area contributed by atoms with Gasteiger partial charge in [-0.15, -0.1) is 0 Å². The molecule has 0 aliphatic carbocycles. The van der Waals surface area contributed by atoms with Crippen LogP contribution in [-0.4, -0.2) is 96.7 Å². The van der Waals surface area contributed by atoms with Crippen LogP contribution in [0.2, 0.25) is 0 Å². The van der Waals surface area contributed by atoms with E-state index >= 15 is 0 Å². The van der Waals surface area contributed by atoms with Crippen LogP contribution in [0, 0.1) is 5.92 Å². The number of hydrogen-bond donors (Lipinski definition) is 3. The molecule has 0 aliphatic rings. The Bertz CT molecular complexity index is 1820. The lowest BCUT2D eigenvalue weighted by molar-refractivity contribution is -0.161. The van der Waals surface area contributed by atoms with Gasteiger partial charge in [0.15, 0.2) is 12.2 Å². The minimum absolute atomic E-state index is 0.107. The molecule has 17 nitrogen and oxygen atoms in total. The molecule has 95 heavy (non-hydrogen) atoms. The normalized spacial score (nSPS) is 13.9. The van der Waals surface area contributed by atoms with Crippen LogP contribution >= 0.6 is 15.6 Å². The van der Waals surface area contributed by atoms with Gasteiger partial charge in [0, 0.05) is 25.7 Å². The Morgan fingerprint density at radius 1 is 0.284 bits per heavy atom. The van der Waals surface area contributed by atoms with Crippen molar-refractivity contribution in [3.8, 4) is 0 Å². The number of hydrogen-bond acceptors (Lipinski definition) is 15. The Morgan fingerprint density at radius 2 is 0.484 bits per heavy atom. The highest BCUT2D eigenvalue weighted by atomic mass is 31.2. The van der Waals surface area contributed by atoms with Crippen molar-refractivity contribution in [2.75, 3.05) is 39.6 Å². The van der Waals surface area contributed by atoms with Gasteiger partial charge in [-0.2, -0.15) is 0 Å². The van der Waals surface area contributed by atoms with Crippen molar-refractivity contribution in [3.05, 3.63) is 0 Å². The fourth-order valence-electron chi connectivity index (χ4n) is 11.7. The average molecular weight is 1400 g/mol. The second-order valence-electron chi connectivity index (χ2n) is 27.9. The van der Waals surface area contributed by atoms with Gasteiger partial charge in [0.1, 0.15) is 19.3 Å². The second-order valence-corrected chi connectivity index (χ2v) is 30.8. The number of unbranched alkanes of at least 4 members (excludes halogenated alkanes) is 48. The summed E-state index contributed by atoms with van der Waals surface area (Å²) in [6, 6.07) is 0. The number of esters is 4. The molecule has 0 bridgehead atoms. The van der Waals surface area contributed by atoms with E-state index in [4.69, 9.17) is 37.0 Å². The maximum atomic E-state index is 13.1. The minimum Gasteiger partial charge on any atom is -0.462 e. The number of rotatable bonds is 76. The molecule has 0 aromatic carbocycles. The third-order valence-electron chi connectivity index (χ3n) is 17.8. The smallest absolute Gasteiger partial charge is 0.462 e. The Hall–Kier alpha value is -1.94. The van der Waals surface area contributed by atoms with Crippen molar-refractivity contribution in [1.82, 2.24) is 0 Å². The van der Waals surface area contributed by atoms with Gasteiger partial charge in [-0.1, -0.05) is 349 Å². The molecular formula is C76H148O17P2. The molecule has 0 fully saturated rings. The van der Waals surface area contributed by atoms with E-state index in [0.717, 1.165) is 102 Å². The quantitative estimate of drug-likeness (QED) is 0.0222. The van der Waals surface area contributed by atoms with Gasteiger partial charge in [-0.05, 0) is 31.6 Å². The van der Waals surface area contributed by atoms with Gasteiger partial charge in [-0.3, -0.25) is 37.3 Å². The van der Waals surface area contributed by atoms with Crippen molar-refractivity contribution in [2.24, 2.45) is 5.92 Å². The minimum atomic E-state index is -4.96. The summed E-state index contributed by atoms with van der Waals surface area (Å²) in [6.45, 7) is 7.29. The van der Waals surface area contributed by atoms with Crippen molar-refractivity contribution in [1.29, 1.82) is 0 Å². The number of aliphatic hydroxyl groups is 1. The van der Waals surface area contributed by atoms with Crippen LogP contribution in [-0.2, 0) is 65.4 Å². The van der Waals surface area contributed by atoms with Gasteiger partial charge in [-0.25, -0.2) is 9.13 Å². The van der Waals surface area contributed by atoms with Gasteiger partial charge < -0.3 is 33.8 Å². The largest absolute Gasteiger partial charge is 0.472 e. The lowest BCUT2D eigenvalue weighted by Gasteiger charge is -2.21. The van der Waals surface area contributed by atoms with Crippen LogP contribution < -0.4 is 0 Å². The first-order chi connectivity index (χ1) is 46.0.